The van der Waals surface area contributed by atoms with E-state index >= 15 is 0 Å². The van der Waals surface area contributed by atoms with Crippen molar-refractivity contribution in [2.45, 2.75) is 37.1 Å². The Morgan fingerprint density at radius 3 is 2.58 bits per heavy atom. The Hall–Kier alpha value is -1.30. The highest BCUT2D eigenvalue weighted by molar-refractivity contribution is 5.28. The van der Waals surface area contributed by atoms with E-state index in [1.54, 1.807) is 0 Å². The number of nitrogens with one attached hydrogen (secondary N) is 1. The first-order valence-electron chi connectivity index (χ1n) is 7.07. The fourth-order valence-electron chi connectivity index (χ4n) is 3.27. The molecule has 0 amide bonds. The highest BCUT2D eigenvalue weighted by Gasteiger charge is 2.40. The fourth-order valence-corrected chi connectivity index (χ4v) is 3.27. The molecule has 0 spiro atoms. The van der Waals surface area contributed by atoms with Crippen molar-refractivity contribution in [3.05, 3.63) is 35.9 Å². The molecule has 1 aromatic rings. The van der Waals surface area contributed by atoms with Crippen molar-refractivity contribution in [3.63, 3.8) is 0 Å². The number of ether oxygens (including phenoxy) is 1. The molecule has 1 heterocycles. The molecule has 2 nitrogen and oxygen atoms in total. The van der Waals surface area contributed by atoms with E-state index in [1.165, 1.54) is 5.56 Å². The zero-order chi connectivity index (χ0) is 13.6. The molecule has 1 aliphatic heterocycles. The first-order chi connectivity index (χ1) is 9.33. The predicted molar refractivity (Wildman–Crippen MR) is 79.1 cm³/mol. The van der Waals surface area contributed by atoms with Crippen molar-refractivity contribution in [2.75, 3.05) is 20.3 Å². The van der Waals surface area contributed by atoms with Crippen LogP contribution in [0.5, 0.6) is 0 Å². The molecule has 0 bridgehead atoms. The van der Waals surface area contributed by atoms with Gasteiger partial charge < -0.3 is 10.1 Å². The topological polar surface area (TPSA) is 21.3 Å². The van der Waals surface area contributed by atoms with Crippen molar-refractivity contribution < 1.29 is 4.74 Å². The molecule has 102 valence electrons. The van der Waals surface area contributed by atoms with E-state index in [1.807, 2.05) is 7.05 Å². The molecule has 1 aliphatic rings. The summed E-state index contributed by atoms with van der Waals surface area (Å²) in [6.45, 7) is 1.67. The molecule has 0 aliphatic carbocycles. The van der Waals surface area contributed by atoms with Gasteiger partial charge in [-0.2, -0.15) is 0 Å². The van der Waals surface area contributed by atoms with E-state index in [9.17, 15) is 0 Å². The average Bonchev–Trinajstić information content (AvgIpc) is 2.50. The van der Waals surface area contributed by atoms with Gasteiger partial charge in [0.05, 0.1) is 0 Å². The van der Waals surface area contributed by atoms with Gasteiger partial charge in [0.15, 0.2) is 0 Å². The molecular weight excluding hydrogens is 234 g/mol. The maximum absolute atomic E-state index is 5.58. The summed E-state index contributed by atoms with van der Waals surface area (Å²) in [5, 5.41) is 3.49. The number of likely N-dealkylation sites (N-methyl/N-ethyl adjacent to an activating group) is 1. The predicted octanol–water partition coefficient (Wildman–Crippen LogP) is 2.74. The summed E-state index contributed by atoms with van der Waals surface area (Å²) in [5.74, 6) is 2.77. The molecule has 1 fully saturated rings. The molecule has 1 unspecified atom stereocenters. The van der Waals surface area contributed by atoms with Crippen LogP contribution < -0.4 is 5.32 Å². The fraction of sp³-hybridized carbons (Fsp3) is 0.529. The van der Waals surface area contributed by atoms with Gasteiger partial charge in [0.2, 0.25) is 0 Å². The van der Waals surface area contributed by atoms with Gasteiger partial charge in [0, 0.05) is 31.1 Å². The Kier molecular flexibility index (Phi) is 5.01. The quantitative estimate of drug-likeness (QED) is 0.819. The lowest BCUT2D eigenvalue weighted by Gasteiger charge is -2.44. The molecule has 2 rings (SSSR count). The van der Waals surface area contributed by atoms with Crippen LogP contribution in [0.1, 0.15) is 31.2 Å². The Morgan fingerprint density at radius 1 is 1.32 bits per heavy atom. The number of hydrogen-bond donors (Lipinski definition) is 1. The van der Waals surface area contributed by atoms with Crippen LogP contribution in [-0.2, 0) is 10.2 Å². The molecule has 19 heavy (non-hydrogen) atoms. The summed E-state index contributed by atoms with van der Waals surface area (Å²) in [6, 6.07) is 11.2. The SMILES string of the molecule is C#CCCC(NC)C1(c2ccccc2)CCOCC1. The zero-order valence-corrected chi connectivity index (χ0v) is 11.7. The van der Waals surface area contributed by atoms with Gasteiger partial charge in [0.25, 0.3) is 0 Å². The lowest BCUT2D eigenvalue weighted by Crippen LogP contribution is -2.50. The lowest BCUT2D eigenvalue weighted by atomic mass is 9.67. The van der Waals surface area contributed by atoms with Crippen LogP contribution in [0.25, 0.3) is 0 Å². The third kappa shape index (κ3) is 3.00. The average molecular weight is 257 g/mol. The Morgan fingerprint density at radius 2 is 2.00 bits per heavy atom. The Labute approximate surface area is 116 Å². The van der Waals surface area contributed by atoms with Crippen molar-refractivity contribution in [2.24, 2.45) is 0 Å². The minimum absolute atomic E-state index is 0.158. The van der Waals surface area contributed by atoms with E-state index < -0.39 is 0 Å². The third-order valence-electron chi connectivity index (χ3n) is 4.33. The zero-order valence-electron chi connectivity index (χ0n) is 11.7. The number of benzene rings is 1. The number of terminal acetylenes is 1. The number of rotatable bonds is 5. The van der Waals surface area contributed by atoms with E-state index in [0.717, 1.165) is 38.9 Å². The van der Waals surface area contributed by atoms with Gasteiger partial charge in [-0.15, -0.1) is 12.3 Å². The largest absolute Gasteiger partial charge is 0.381 e. The highest BCUT2D eigenvalue weighted by atomic mass is 16.5. The monoisotopic (exact) mass is 257 g/mol. The van der Waals surface area contributed by atoms with Gasteiger partial charge >= 0.3 is 0 Å². The van der Waals surface area contributed by atoms with Crippen molar-refractivity contribution >= 4 is 0 Å². The van der Waals surface area contributed by atoms with E-state index in [0.29, 0.717) is 6.04 Å². The summed E-state index contributed by atoms with van der Waals surface area (Å²) < 4.78 is 5.58. The minimum Gasteiger partial charge on any atom is -0.381 e. The van der Waals surface area contributed by atoms with E-state index in [4.69, 9.17) is 11.2 Å². The Bertz CT molecular complexity index is 415. The second kappa shape index (κ2) is 6.75. The molecule has 0 aromatic heterocycles. The van der Waals surface area contributed by atoms with Crippen LogP contribution in [0.3, 0.4) is 0 Å². The lowest BCUT2D eigenvalue weighted by molar-refractivity contribution is 0.0344. The van der Waals surface area contributed by atoms with Gasteiger partial charge in [-0.25, -0.2) is 0 Å². The smallest absolute Gasteiger partial charge is 0.0475 e. The van der Waals surface area contributed by atoms with Crippen molar-refractivity contribution in [1.29, 1.82) is 0 Å². The molecular formula is C17H23NO. The molecule has 1 aromatic carbocycles. The van der Waals surface area contributed by atoms with E-state index in [2.05, 4.69) is 41.6 Å². The van der Waals surface area contributed by atoms with Crippen LogP contribution in [0.15, 0.2) is 30.3 Å². The van der Waals surface area contributed by atoms with Crippen LogP contribution in [0.4, 0.5) is 0 Å². The molecule has 0 radical (unpaired) electrons. The van der Waals surface area contributed by atoms with Crippen molar-refractivity contribution in [3.8, 4) is 12.3 Å². The first kappa shape index (κ1) is 14.1. The third-order valence-corrected chi connectivity index (χ3v) is 4.33. The van der Waals surface area contributed by atoms with E-state index in [-0.39, 0.29) is 5.41 Å². The minimum atomic E-state index is 0.158. The normalized spacial score (nSPS) is 19.6. The van der Waals surface area contributed by atoms with Gasteiger partial charge in [-0.05, 0) is 31.9 Å². The molecule has 1 N–H and O–H groups in total. The maximum Gasteiger partial charge on any atom is 0.0475 e. The Balaban J connectivity index is 2.31. The second-order valence-corrected chi connectivity index (χ2v) is 5.22. The first-order valence-corrected chi connectivity index (χ1v) is 7.07. The molecule has 1 atom stereocenters. The molecule has 2 heteroatoms. The molecule has 1 saturated heterocycles. The van der Waals surface area contributed by atoms with Crippen molar-refractivity contribution in [1.82, 2.24) is 5.32 Å². The summed E-state index contributed by atoms with van der Waals surface area (Å²) in [4.78, 5) is 0. The van der Waals surface area contributed by atoms with Crippen LogP contribution in [0.2, 0.25) is 0 Å². The van der Waals surface area contributed by atoms with Crippen LogP contribution in [0, 0.1) is 12.3 Å². The number of hydrogen-bond acceptors (Lipinski definition) is 2. The van der Waals surface area contributed by atoms with Gasteiger partial charge in [-0.3, -0.25) is 0 Å². The summed E-state index contributed by atoms with van der Waals surface area (Å²) in [7, 11) is 2.04. The highest BCUT2D eigenvalue weighted by Crippen LogP contribution is 2.39. The molecule has 0 saturated carbocycles. The van der Waals surface area contributed by atoms with Gasteiger partial charge in [-0.1, -0.05) is 30.3 Å². The summed E-state index contributed by atoms with van der Waals surface area (Å²) >= 11 is 0. The van der Waals surface area contributed by atoms with Crippen LogP contribution in [-0.4, -0.2) is 26.3 Å². The summed E-state index contributed by atoms with van der Waals surface area (Å²) in [5.41, 5.74) is 1.57. The van der Waals surface area contributed by atoms with Crippen LogP contribution >= 0.6 is 0 Å². The second-order valence-electron chi connectivity index (χ2n) is 5.22. The summed E-state index contributed by atoms with van der Waals surface area (Å²) in [6.07, 6.45) is 9.40. The standard InChI is InChI=1S/C17H23NO/c1-3-4-10-16(18-2)17(11-13-19-14-12-17)15-8-6-5-7-9-15/h1,5-9,16,18H,4,10-14H2,2H3. The van der Waals surface area contributed by atoms with Gasteiger partial charge in [0.1, 0.15) is 0 Å². The maximum atomic E-state index is 5.58.